The van der Waals surface area contributed by atoms with Crippen molar-refractivity contribution < 1.29 is 14.8 Å². The number of aliphatic hydroxyl groups is 1. The fourth-order valence-electron chi connectivity index (χ4n) is 1.04. The van der Waals surface area contributed by atoms with E-state index in [4.69, 9.17) is 21.4 Å². The standard InChI is InChI=1S/C8H8ClNO4/c1-14-8-3-5(10(12)13)2-7(9)6(8)4-11/h2-3,11H,4H2,1H3. The number of nitro groups is 1. The number of non-ortho nitro benzene ring substituents is 1. The largest absolute Gasteiger partial charge is 0.496 e. The molecule has 5 nitrogen and oxygen atoms in total. The lowest BCUT2D eigenvalue weighted by Gasteiger charge is -2.07. The molecule has 0 aliphatic rings. The Hall–Kier alpha value is -1.33. The lowest BCUT2D eigenvalue weighted by atomic mass is 10.2. The van der Waals surface area contributed by atoms with E-state index in [9.17, 15) is 10.1 Å². The minimum atomic E-state index is -0.574. The predicted molar refractivity (Wildman–Crippen MR) is 50.6 cm³/mol. The van der Waals surface area contributed by atoms with Gasteiger partial charge in [0.15, 0.2) is 0 Å². The molecule has 0 radical (unpaired) electrons. The zero-order valence-corrected chi connectivity index (χ0v) is 8.11. The molecule has 0 aromatic heterocycles. The Kier molecular flexibility index (Phi) is 3.27. The van der Waals surface area contributed by atoms with Crippen molar-refractivity contribution in [2.45, 2.75) is 6.61 Å². The van der Waals surface area contributed by atoms with Crippen molar-refractivity contribution >= 4 is 17.3 Å². The van der Waals surface area contributed by atoms with Gasteiger partial charge in [-0.2, -0.15) is 0 Å². The molecule has 0 aliphatic heterocycles. The summed E-state index contributed by atoms with van der Waals surface area (Å²) in [7, 11) is 1.36. The molecule has 6 heteroatoms. The van der Waals surface area contributed by atoms with E-state index >= 15 is 0 Å². The van der Waals surface area contributed by atoms with Crippen LogP contribution in [0.4, 0.5) is 5.69 Å². The van der Waals surface area contributed by atoms with Gasteiger partial charge < -0.3 is 9.84 Å². The normalized spacial score (nSPS) is 9.93. The summed E-state index contributed by atoms with van der Waals surface area (Å²) in [6.45, 7) is -0.319. The molecule has 0 bridgehead atoms. The third-order valence-corrected chi connectivity index (χ3v) is 2.07. The number of hydrogen-bond acceptors (Lipinski definition) is 4. The van der Waals surface area contributed by atoms with E-state index in [1.54, 1.807) is 0 Å². The molecular formula is C8H8ClNO4. The third kappa shape index (κ3) is 1.94. The van der Waals surface area contributed by atoms with Crippen molar-refractivity contribution in [3.63, 3.8) is 0 Å². The molecule has 1 rings (SSSR count). The molecule has 1 N–H and O–H groups in total. The van der Waals surface area contributed by atoms with E-state index < -0.39 is 4.92 Å². The molecule has 76 valence electrons. The fraction of sp³-hybridized carbons (Fsp3) is 0.250. The summed E-state index contributed by atoms with van der Waals surface area (Å²) in [6.07, 6.45) is 0. The van der Waals surface area contributed by atoms with Gasteiger partial charge in [-0.25, -0.2) is 0 Å². The number of aliphatic hydroxyl groups excluding tert-OH is 1. The van der Waals surface area contributed by atoms with Gasteiger partial charge in [-0.15, -0.1) is 0 Å². The summed E-state index contributed by atoms with van der Waals surface area (Å²) < 4.78 is 4.86. The summed E-state index contributed by atoms with van der Waals surface area (Å²) in [5, 5.41) is 19.5. The summed E-state index contributed by atoms with van der Waals surface area (Å²) >= 11 is 5.71. The Labute approximate surface area is 85.0 Å². The molecule has 0 saturated carbocycles. The van der Waals surface area contributed by atoms with Crippen molar-refractivity contribution in [3.05, 3.63) is 32.8 Å². The van der Waals surface area contributed by atoms with Crippen LogP contribution in [-0.4, -0.2) is 17.1 Å². The lowest BCUT2D eigenvalue weighted by Crippen LogP contribution is -1.96. The average molecular weight is 218 g/mol. The Balaban J connectivity index is 3.31. The van der Waals surface area contributed by atoms with Gasteiger partial charge in [-0.3, -0.25) is 10.1 Å². The van der Waals surface area contributed by atoms with E-state index in [0.29, 0.717) is 5.56 Å². The molecule has 0 unspecified atom stereocenters. The van der Waals surface area contributed by atoms with Crippen LogP contribution in [0.25, 0.3) is 0 Å². The Morgan fingerprint density at radius 2 is 2.29 bits per heavy atom. The molecule has 0 fully saturated rings. The van der Waals surface area contributed by atoms with E-state index in [1.807, 2.05) is 0 Å². The summed E-state index contributed by atoms with van der Waals surface area (Å²) in [5.74, 6) is 0.215. The van der Waals surface area contributed by atoms with Crippen molar-refractivity contribution in [2.24, 2.45) is 0 Å². The number of nitrogens with zero attached hydrogens (tertiary/aromatic N) is 1. The number of halogens is 1. The number of methoxy groups -OCH3 is 1. The number of nitro benzene ring substituents is 1. The fourth-order valence-corrected chi connectivity index (χ4v) is 1.30. The van der Waals surface area contributed by atoms with Crippen LogP contribution in [0.3, 0.4) is 0 Å². The minimum absolute atomic E-state index is 0.124. The van der Waals surface area contributed by atoms with E-state index in [2.05, 4.69) is 0 Å². The van der Waals surface area contributed by atoms with Gasteiger partial charge in [0.25, 0.3) is 5.69 Å². The van der Waals surface area contributed by atoms with Gasteiger partial charge in [0.1, 0.15) is 5.75 Å². The number of hydrogen-bond donors (Lipinski definition) is 1. The van der Waals surface area contributed by atoms with Crippen LogP contribution in [0.15, 0.2) is 12.1 Å². The Bertz CT molecular complexity index is 367. The highest BCUT2D eigenvalue weighted by Gasteiger charge is 2.15. The lowest BCUT2D eigenvalue weighted by molar-refractivity contribution is -0.384. The van der Waals surface area contributed by atoms with Crippen LogP contribution in [-0.2, 0) is 6.61 Å². The predicted octanol–water partition coefficient (Wildman–Crippen LogP) is 1.75. The quantitative estimate of drug-likeness (QED) is 0.618. The molecule has 0 amide bonds. The van der Waals surface area contributed by atoms with E-state index in [1.165, 1.54) is 19.2 Å². The average Bonchev–Trinajstić information content (AvgIpc) is 2.16. The van der Waals surface area contributed by atoms with Gasteiger partial charge >= 0.3 is 0 Å². The van der Waals surface area contributed by atoms with Gasteiger partial charge in [-0.05, 0) is 0 Å². The first-order chi connectivity index (χ1) is 6.60. The van der Waals surface area contributed by atoms with Crippen molar-refractivity contribution in [2.75, 3.05) is 7.11 Å². The van der Waals surface area contributed by atoms with Gasteiger partial charge in [-0.1, -0.05) is 11.6 Å². The van der Waals surface area contributed by atoms with Crippen LogP contribution < -0.4 is 4.74 Å². The zero-order chi connectivity index (χ0) is 10.7. The summed E-state index contributed by atoms with van der Waals surface area (Å²) in [6, 6.07) is 2.40. The first-order valence-electron chi connectivity index (χ1n) is 3.71. The van der Waals surface area contributed by atoms with Crippen LogP contribution in [0.2, 0.25) is 5.02 Å². The number of benzene rings is 1. The first kappa shape index (κ1) is 10.7. The van der Waals surface area contributed by atoms with Gasteiger partial charge in [0.05, 0.1) is 29.7 Å². The highest BCUT2D eigenvalue weighted by atomic mass is 35.5. The van der Waals surface area contributed by atoms with Gasteiger partial charge in [0.2, 0.25) is 0 Å². The summed E-state index contributed by atoms with van der Waals surface area (Å²) in [5.41, 5.74) is 0.184. The van der Waals surface area contributed by atoms with Crippen LogP contribution in [0.1, 0.15) is 5.56 Å². The zero-order valence-electron chi connectivity index (χ0n) is 7.36. The third-order valence-electron chi connectivity index (χ3n) is 1.73. The second kappa shape index (κ2) is 4.26. The number of ether oxygens (including phenoxy) is 1. The monoisotopic (exact) mass is 217 g/mol. The van der Waals surface area contributed by atoms with Gasteiger partial charge in [0, 0.05) is 11.6 Å². The van der Waals surface area contributed by atoms with Crippen molar-refractivity contribution in [1.82, 2.24) is 0 Å². The minimum Gasteiger partial charge on any atom is -0.496 e. The maximum absolute atomic E-state index is 10.4. The number of rotatable bonds is 3. The molecule has 0 heterocycles. The highest BCUT2D eigenvalue weighted by Crippen LogP contribution is 2.31. The molecule has 0 spiro atoms. The van der Waals surface area contributed by atoms with Crippen molar-refractivity contribution in [1.29, 1.82) is 0 Å². The first-order valence-corrected chi connectivity index (χ1v) is 4.09. The van der Waals surface area contributed by atoms with Crippen LogP contribution in [0, 0.1) is 10.1 Å². The van der Waals surface area contributed by atoms with E-state index in [-0.39, 0.29) is 23.1 Å². The Morgan fingerprint density at radius 1 is 1.64 bits per heavy atom. The SMILES string of the molecule is COc1cc([N+](=O)[O-])cc(Cl)c1CO. The molecular weight excluding hydrogens is 210 g/mol. The van der Waals surface area contributed by atoms with Crippen LogP contribution >= 0.6 is 11.6 Å². The maximum atomic E-state index is 10.4. The van der Waals surface area contributed by atoms with E-state index in [0.717, 1.165) is 0 Å². The molecule has 14 heavy (non-hydrogen) atoms. The smallest absolute Gasteiger partial charge is 0.274 e. The van der Waals surface area contributed by atoms with Crippen LogP contribution in [0.5, 0.6) is 5.75 Å². The molecule has 0 saturated heterocycles. The molecule has 0 aliphatic carbocycles. The molecule has 1 aromatic carbocycles. The summed E-state index contributed by atoms with van der Waals surface area (Å²) in [4.78, 5) is 9.88. The molecule has 0 atom stereocenters. The Morgan fingerprint density at radius 3 is 2.71 bits per heavy atom. The maximum Gasteiger partial charge on any atom is 0.274 e. The second-order valence-electron chi connectivity index (χ2n) is 2.52. The highest BCUT2D eigenvalue weighted by molar-refractivity contribution is 6.31. The second-order valence-corrected chi connectivity index (χ2v) is 2.93. The van der Waals surface area contributed by atoms with Crippen molar-refractivity contribution in [3.8, 4) is 5.75 Å². The molecule has 1 aromatic rings. The topological polar surface area (TPSA) is 72.6 Å².